The van der Waals surface area contributed by atoms with Gasteiger partial charge in [0.05, 0.1) is 0 Å². The summed E-state index contributed by atoms with van der Waals surface area (Å²) >= 11 is 0. The second kappa shape index (κ2) is 3.87. The molecule has 0 aliphatic rings. The van der Waals surface area contributed by atoms with Gasteiger partial charge in [0, 0.05) is 0 Å². The van der Waals surface area contributed by atoms with Gasteiger partial charge in [0.2, 0.25) is 0 Å². The molecule has 0 aliphatic heterocycles. The molecule has 0 saturated carbocycles. The molecule has 1 aromatic carbocycles. The van der Waals surface area contributed by atoms with E-state index < -0.39 is 0 Å². The monoisotopic (exact) mass is 185 g/mol. The molecule has 0 radical (unpaired) electrons. The Morgan fingerprint density at radius 2 is 1.64 bits per heavy atom. The van der Waals surface area contributed by atoms with E-state index >= 15 is 0 Å². The van der Waals surface area contributed by atoms with Crippen LogP contribution in [0.5, 0.6) is 11.8 Å². The average Bonchev–Trinajstić information content (AvgIpc) is 2.23. The first-order valence-electron chi connectivity index (χ1n) is 4.21. The maximum absolute atomic E-state index is 5.37. The zero-order valence-corrected chi connectivity index (χ0v) is 7.71. The molecule has 0 spiro atoms. The summed E-state index contributed by atoms with van der Waals surface area (Å²) in [5.41, 5.74) is 1.19. The third-order valence-electron chi connectivity index (χ3n) is 1.70. The molecule has 2 aromatic rings. The predicted molar refractivity (Wildman–Crippen MR) is 54.5 cm³/mol. The zero-order valence-electron chi connectivity index (χ0n) is 7.71. The fourth-order valence-corrected chi connectivity index (χ4v) is 0.993. The van der Waals surface area contributed by atoms with Crippen LogP contribution in [0.1, 0.15) is 0 Å². The van der Waals surface area contributed by atoms with Gasteiger partial charge in [-0.25, -0.2) is 4.98 Å². The van der Waals surface area contributed by atoms with Crippen LogP contribution >= 0.6 is 0 Å². The lowest BCUT2D eigenvalue weighted by Gasteiger charge is -2.02. The van der Waals surface area contributed by atoms with Gasteiger partial charge in [-0.15, -0.1) is 0 Å². The molecule has 0 N–H and O–H groups in total. The SMILES string of the molecule is Bc1ccc(Oc2ncncn2)cc1. The van der Waals surface area contributed by atoms with Gasteiger partial charge < -0.3 is 4.74 Å². The van der Waals surface area contributed by atoms with E-state index in [0.29, 0.717) is 6.01 Å². The van der Waals surface area contributed by atoms with E-state index in [1.807, 2.05) is 32.1 Å². The van der Waals surface area contributed by atoms with Crippen LogP contribution in [0.4, 0.5) is 0 Å². The summed E-state index contributed by atoms with van der Waals surface area (Å²) < 4.78 is 5.37. The van der Waals surface area contributed by atoms with Crippen molar-refractivity contribution in [2.24, 2.45) is 0 Å². The summed E-state index contributed by atoms with van der Waals surface area (Å²) in [5, 5.41) is 0. The van der Waals surface area contributed by atoms with Crippen molar-refractivity contribution in [3.05, 3.63) is 36.9 Å². The molecular weight excluding hydrogens is 177 g/mol. The van der Waals surface area contributed by atoms with Crippen molar-refractivity contribution >= 4 is 13.3 Å². The summed E-state index contributed by atoms with van der Waals surface area (Å²) in [6, 6.07) is 7.99. The molecule has 0 unspecified atom stereocenters. The number of benzene rings is 1. The third kappa shape index (κ3) is 2.07. The number of ether oxygens (including phenoxy) is 1. The van der Waals surface area contributed by atoms with Gasteiger partial charge in [-0.2, -0.15) is 9.97 Å². The number of rotatable bonds is 2. The van der Waals surface area contributed by atoms with Crippen molar-refractivity contribution in [2.75, 3.05) is 0 Å². The van der Waals surface area contributed by atoms with Gasteiger partial charge >= 0.3 is 6.01 Å². The Labute approximate surface area is 82.4 Å². The highest BCUT2D eigenvalue weighted by Gasteiger charge is 1.97. The lowest BCUT2D eigenvalue weighted by molar-refractivity contribution is 0.439. The normalized spacial score (nSPS) is 9.71. The van der Waals surface area contributed by atoms with Crippen LogP contribution in [-0.2, 0) is 0 Å². The first-order chi connectivity index (χ1) is 6.84. The maximum Gasteiger partial charge on any atom is 0.324 e. The number of hydrogen-bond acceptors (Lipinski definition) is 4. The number of nitrogens with zero attached hydrogens (tertiary/aromatic N) is 3. The van der Waals surface area contributed by atoms with Gasteiger partial charge in [-0.3, -0.25) is 0 Å². The molecular formula is C9H8BN3O. The van der Waals surface area contributed by atoms with E-state index in [1.165, 1.54) is 18.1 Å². The van der Waals surface area contributed by atoms with E-state index in [0.717, 1.165) is 5.75 Å². The Kier molecular flexibility index (Phi) is 2.40. The van der Waals surface area contributed by atoms with E-state index in [-0.39, 0.29) is 0 Å². The van der Waals surface area contributed by atoms with Crippen molar-refractivity contribution < 1.29 is 4.74 Å². The summed E-state index contributed by atoms with van der Waals surface area (Å²) in [4.78, 5) is 11.4. The van der Waals surface area contributed by atoms with Crippen molar-refractivity contribution in [3.8, 4) is 11.8 Å². The maximum atomic E-state index is 5.37. The molecule has 4 nitrogen and oxygen atoms in total. The predicted octanol–water partition coefficient (Wildman–Crippen LogP) is -0.0777. The summed E-state index contributed by atoms with van der Waals surface area (Å²) in [6.45, 7) is 0. The summed E-state index contributed by atoms with van der Waals surface area (Å²) in [7, 11) is 2.02. The zero-order chi connectivity index (χ0) is 9.80. The largest absolute Gasteiger partial charge is 0.424 e. The minimum atomic E-state index is 0.309. The van der Waals surface area contributed by atoms with Gasteiger partial charge in [0.25, 0.3) is 0 Å². The molecule has 0 amide bonds. The lowest BCUT2D eigenvalue weighted by atomic mass is 9.97. The first kappa shape index (κ1) is 8.68. The van der Waals surface area contributed by atoms with Crippen molar-refractivity contribution in [3.63, 3.8) is 0 Å². The van der Waals surface area contributed by atoms with Crippen LogP contribution in [0.2, 0.25) is 0 Å². The Balaban J connectivity index is 2.16. The number of aromatic nitrogens is 3. The Morgan fingerprint density at radius 1 is 1.00 bits per heavy atom. The van der Waals surface area contributed by atoms with Crippen LogP contribution in [0.15, 0.2) is 36.9 Å². The molecule has 1 aromatic heterocycles. The molecule has 0 atom stereocenters. The quantitative estimate of drug-likeness (QED) is 0.614. The topological polar surface area (TPSA) is 47.9 Å². The van der Waals surface area contributed by atoms with E-state index in [9.17, 15) is 0 Å². The second-order valence-electron chi connectivity index (χ2n) is 2.84. The van der Waals surface area contributed by atoms with E-state index in [2.05, 4.69) is 15.0 Å². The second-order valence-corrected chi connectivity index (χ2v) is 2.84. The fraction of sp³-hybridized carbons (Fsp3) is 0. The fourth-order valence-electron chi connectivity index (χ4n) is 0.993. The highest BCUT2D eigenvalue weighted by atomic mass is 16.5. The van der Waals surface area contributed by atoms with E-state index in [4.69, 9.17) is 4.74 Å². The molecule has 0 bridgehead atoms. The van der Waals surface area contributed by atoms with Crippen LogP contribution in [0, 0.1) is 0 Å². The molecule has 5 heteroatoms. The highest BCUT2D eigenvalue weighted by Crippen LogP contribution is 2.13. The molecule has 0 saturated heterocycles. The van der Waals surface area contributed by atoms with Gasteiger partial charge in [-0.1, -0.05) is 17.6 Å². The average molecular weight is 185 g/mol. The standard InChI is InChI=1S/C9H8BN3O/c10-7-1-3-8(4-2-7)14-9-12-5-11-6-13-9/h1-6H,10H2. The minimum absolute atomic E-state index is 0.309. The Bertz CT molecular complexity index is 404. The van der Waals surface area contributed by atoms with E-state index in [1.54, 1.807) is 0 Å². The Morgan fingerprint density at radius 3 is 2.29 bits per heavy atom. The molecule has 1 heterocycles. The number of hydrogen-bond donors (Lipinski definition) is 0. The minimum Gasteiger partial charge on any atom is -0.424 e. The smallest absolute Gasteiger partial charge is 0.324 e. The van der Waals surface area contributed by atoms with Gasteiger partial charge in [0.1, 0.15) is 26.3 Å². The van der Waals surface area contributed by atoms with Crippen molar-refractivity contribution in [1.29, 1.82) is 0 Å². The molecule has 14 heavy (non-hydrogen) atoms. The molecule has 2 rings (SSSR count). The first-order valence-corrected chi connectivity index (χ1v) is 4.21. The lowest BCUT2D eigenvalue weighted by Crippen LogP contribution is -2.00. The molecule has 0 fully saturated rings. The summed E-state index contributed by atoms with van der Waals surface area (Å²) in [6.07, 6.45) is 2.80. The van der Waals surface area contributed by atoms with Crippen LogP contribution in [0.25, 0.3) is 0 Å². The van der Waals surface area contributed by atoms with Crippen molar-refractivity contribution in [2.45, 2.75) is 0 Å². The third-order valence-corrected chi connectivity index (χ3v) is 1.70. The van der Waals surface area contributed by atoms with Crippen molar-refractivity contribution in [1.82, 2.24) is 15.0 Å². The van der Waals surface area contributed by atoms with Crippen LogP contribution < -0.4 is 10.2 Å². The Hall–Kier alpha value is -1.91. The molecule has 0 aliphatic carbocycles. The van der Waals surface area contributed by atoms with Crippen LogP contribution in [0.3, 0.4) is 0 Å². The molecule has 68 valence electrons. The van der Waals surface area contributed by atoms with Gasteiger partial charge in [0.15, 0.2) is 0 Å². The highest BCUT2D eigenvalue weighted by molar-refractivity contribution is 6.32. The van der Waals surface area contributed by atoms with Crippen LogP contribution in [-0.4, -0.2) is 22.8 Å². The van der Waals surface area contributed by atoms with Gasteiger partial charge in [-0.05, 0) is 12.1 Å². The summed E-state index contributed by atoms with van der Waals surface area (Å²) in [5.74, 6) is 0.724.